The number of rotatable bonds is 14. The summed E-state index contributed by atoms with van der Waals surface area (Å²) in [5, 5.41) is 5.01. The van der Waals surface area contributed by atoms with Crippen LogP contribution in [0.1, 0.15) is 198 Å². The van der Waals surface area contributed by atoms with E-state index in [4.69, 9.17) is 0 Å². The van der Waals surface area contributed by atoms with Crippen LogP contribution < -0.4 is 9.80 Å². The van der Waals surface area contributed by atoms with Crippen molar-refractivity contribution in [3.8, 4) is 0 Å². The predicted octanol–water partition coefficient (Wildman–Crippen LogP) is 20.5. The first-order chi connectivity index (χ1) is 32.1. The number of benzene rings is 7. The SMILES string of the molecule is CCCCC(CC)c1ccc(N(c2ccc(C(C)C)cc2)c2c3ccc(C(C)(C)C)cc3c(N(c3ccc(C(C)C)cc3)c3ccc(C4CCCCC4)cc3)c3ccc(C(C)(C)C)cc23)cc1. The first-order valence-corrected chi connectivity index (χ1v) is 26.1. The molecule has 2 nitrogen and oxygen atoms in total. The van der Waals surface area contributed by atoms with Gasteiger partial charge in [0.1, 0.15) is 0 Å². The van der Waals surface area contributed by atoms with Gasteiger partial charge in [0.05, 0.1) is 11.4 Å². The van der Waals surface area contributed by atoms with Crippen molar-refractivity contribution in [3.05, 3.63) is 167 Å². The minimum absolute atomic E-state index is 0.0577. The lowest BCUT2D eigenvalue weighted by Crippen LogP contribution is -2.17. The number of hydrogen-bond donors (Lipinski definition) is 0. The van der Waals surface area contributed by atoms with Crippen LogP contribution in [0.3, 0.4) is 0 Å². The summed E-state index contributed by atoms with van der Waals surface area (Å²) in [6.07, 6.45) is 11.5. The molecule has 0 aromatic heterocycles. The van der Waals surface area contributed by atoms with Crippen LogP contribution in [0.5, 0.6) is 0 Å². The van der Waals surface area contributed by atoms with Gasteiger partial charge in [0.25, 0.3) is 0 Å². The van der Waals surface area contributed by atoms with E-state index in [1.165, 1.54) is 140 Å². The van der Waals surface area contributed by atoms with Crippen molar-refractivity contribution in [3.63, 3.8) is 0 Å². The molecule has 1 saturated carbocycles. The van der Waals surface area contributed by atoms with Crippen molar-refractivity contribution < 1.29 is 0 Å². The summed E-state index contributed by atoms with van der Waals surface area (Å²) in [6.45, 7) is 27.9. The van der Waals surface area contributed by atoms with Crippen LogP contribution in [0.25, 0.3) is 21.5 Å². The smallest absolute Gasteiger partial charge is 0.0620 e. The zero-order valence-electron chi connectivity index (χ0n) is 43.3. The molecule has 7 aromatic rings. The summed E-state index contributed by atoms with van der Waals surface area (Å²) in [4.78, 5) is 5.17. The van der Waals surface area contributed by atoms with E-state index in [-0.39, 0.29) is 10.8 Å². The zero-order chi connectivity index (χ0) is 47.6. The molecule has 0 aliphatic heterocycles. The van der Waals surface area contributed by atoms with E-state index in [1.54, 1.807) is 0 Å². The van der Waals surface area contributed by atoms with Gasteiger partial charge < -0.3 is 9.80 Å². The van der Waals surface area contributed by atoms with Crippen LogP contribution in [0.15, 0.2) is 133 Å². The number of anilines is 6. The lowest BCUT2D eigenvalue weighted by Gasteiger charge is -2.34. The molecule has 2 heteroatoms. The Hall–Kier alpha value is -5.34. The van der Waals surface area contributed by atoms with E-state index in [2.05, 4.69) is 226 Å². The zero-order valence-corrected chi connectivity index (χ0v) is 43.3. The maximum absolute atomic E-state index is 2.59. The minimum Gasteiger partial charge on any atom is -0.309 e. The Labute approximate surface area is 405 Å². The summed E-state index contributed by atoms with van der Waals surface area (Å²) in [7, 11) is 0. The van der Waals surface area contributed by atoms with E-state index in [1.807, 2.05) is 0 Å². The van der Waals surface area contributed by atoms with Gasteiger partial charge in [-0.1, -0.05) is 188 Å². The van der Waals surface area contributed by atoms with Gasteiger partial charge in [-0.25, -0.2) is 0 Å². The standard InChI is InChI=1S/C65H80N2/c1-13-15-19-46(14-2)50-26-36-56(37-27-50)66(54-32-22-47(23-33-54)44(3)4)62-58-40-30-53(65(10,11)12)43-61(58)63(59-41-31-52(42-60(59)62)64(7,8)9)67(55-34-24-48(25-35-55)45(5)6)57-38-28-51(29-39-57)49-20-17-16-18-21-49/h22-46,49H,13-21H2,1-12H3. The third kappa shape index (κ3) is 10.3. The first-order valence-electron chi connectivity index (χ1n) is 26.1. The van der Waals surface area contributed by atoms with Crippen molar-refractivity contribution in [2.45, 2.75) is 175 Å². The highest BCUT2D eigenvalue weighted by molar-refractivity contribution is 6.23. The normalized spacial score (nSPS) is 14.4. The van der Waals surface area contributed by atoms with Crippen LogP contribution in [-0.2, 0) is 10.8 Å². The fraction of sp³-hybridized carbons (Fsp3) is 0.415. The molecule has 1 atom stereocenters. The summed E-state index contributed by atoms with van der Waals surface area (Å²) in [5.41, 5.74) is 15.4. The maximum Gasteiger partial charge on any atom is 0.0620 e. The van der Waals surface area contributed by atoms with Gasteiger partial charge in [-0.2, -0.15) is 0 Å². The molecule has 350 valence electrons. The summed E-state index contributed by atoms with van der Waals surface area (Å²) in [5.74, 6) is 2.10. The fourth-order valence-electron chi connectivity index (χ4n) is 10.7. The Bertz CT molecular complexity index is 2730. The van der Waals surface area contributed by atoms with Gasteiger partial charge in [-0.05, 0) is 154 Å². The van der Waals surface area contributed by atoms with Gasteiger partial charge in [-0.3, -0.25) is 0 Å². The third-order valence-electron chi connectivity index (χ3n) is 15.1. The van der Waals surface area contributed by atoms with Crippen LogP contribution in [0.2, 0.25) is 0 Å². The molecule has 0 radical (unpaired) electrons. The number of nitrogens with zero attached hydrogens (tertiary/aromatic N) is 2. The highest BCUT2D eigenvalue weighted by Crippen LogP contribution is 2.53. The van der Waals surface area contributed by atoms with E-state index >= 15 is 0 Å². The molecule has 0 N–H and O–H groups in total. The van der Waals surface area contributed by atoms with Crippen molar-refractivity contribution >= 4 is 55.7 Å². The molecule has 8 rings (SSSR count). The molecule has 1 fully saturated rings. The largest absolute Gasteiger partial charge is 0.309 e. The highest BCUT2D eigenvalue weighted by atomic mass is 15.2. The average Bonchev–Trinajstić information content (AvgIpc) is 3.32. The molecule has 0 bridgehead atoms. The molecule has 7 aromatic carbocycles. The fourth-order valence-corrected chi connectivity index (χ4v) is 10.7. The molecule has 67 heavy (non-hydrogen) atoms. The van der Waals surface area contributed by atoms with Gasteiger partial charge in [0.2, 0.25) is 0 Å². The summed E-state index contributed by atoms with van der Waals surface area (Å²) < 4.78 is 0. The lowest BCUT2D eigenvalue weighted by molar-refractivity contribution is 0.443. The third-order valence-corrected chi connectivity index (χ3v) is 15.1. The number of hydrogen-bond acceptors (Lipinski definition) is 2. The van der Waals surface area contributed by atoms with E-state index in [0.717, 1.165) is 6.42 Å². The quantitative estimate of drug-likeness (QED) is 0.0793. The molecular formula is C65H80N2. The van der Waals surface area contributed by atoms with E-state index in [9.17, 15) is 0 Å². The van der Waals surface area contributed by atoms with Gasteiger partial charge >= 0.3 is 0 Å². The molecular weight excluding hydrogens is 809 g/mol. The Kier molecular flexibility index (Phi) is 14.4. The van der Waals surface area contributed by atoms with Gasteiger partial charge in [-0.15, -0.1) is 0 Å². The summed E-state index contributed by atoms with van der Waals surface area (Å²) in [6, 6.07) is 52.9. The Balaban J connectivity index is 1.48. The number of fused-ring (bicyclic) bond motifs is 2. The Morgan fingerprint density at radius 3 is 1.21 bits per heavy atom. The van der Waals surface area contributed by atoms with Gasteiger partial charge in [0.15, 0.2) is 0 Å². The van der Waals surface area contributed by atoms with Crippen LogP contribution in [0.4, 0.5) is 34.1 Å². The maximum atomic E-state index is 2.59. The van der Waals surface area contributed by atoms with Crippen molar-refractivity contribution in [2.24, 2.45) is 0 Å². The second-order valence-electron chi connectivity index (χ2n) is 22.6. The monoisotopic (exact) mass is 889 g/mol. The minimum atomic E-state index is -0.0585. The molecule has 0 spiro atoms. The molecule has 1 aliphatic carbocycles. The van der Waals surface area contributed by atoms with E-state index < -0.39 is 0 Å². The van der Waals surface area contributed by atoms with Crippen LogP contribution in [-0.4, -0.2) is 0 Å². The molecule has 0 amide bonds. The second kappa shape index (κ2) is 20.1. The van der Waals surface area contributed by atoms with Gasteiger partial charge in [0, 0.05) is 44.3 Å². The lowest BCUT2D eigenvalue weighted by atomic mass is 9.82. The van der Waals surface area contributed by atoms with Crippen LogP contribution >= 0.6 is 0 Å². The molecule has 1 unspecified atom stereocenters. The topological polar surface area (TPSA) is 6.48 Å². The number of unbranched alkanes of at least 4 members (excludes halogenated alkanes) is 1. The molecule has 1 aliphatic rings. The molecule has 0 saturated heterocycles. The van der Waals surface area contributed by atoms with E-state index in [0.29, 0.717) is 23.7 Å². The van der Waals surface area contributed by atoms with Crippen molar-refractivity contribution in [1.82, 2.24) is 0 Å². The van der Waals surface area contributed by atoms with Crippen molar-refractivity contribution in [2.75, 3.05) is 9.80 Å². The second-order valence-corrected chi connectivity index (χ2v) is 22.6. The molecule has 0 heterocycles. The van der Waals surface area contributed by atoms with Crippen molar-refractivity contribution in [1.29, 1.82) is 0 Å². The first kappa shape index (κ1) is 48.1. The Morgan fingerprint density at radius 1 is 0.463 bits per heavy atom. The average molecular weight is 889 g/mol. The predicted molar refractivity (Wildman–Crippen MR) is 295 cm³/mol. The highest BCUT2D eigenvalue weighted by Gasteiger charge is 2.29. The Morgan fingerprint density at radius 2 is 0.851 bits per heavy atom. The summed E-state index contributed by atoms with van der Waals surface area (Å²) >= 11 is 0. The van der Waals surface area contributed by atoms with Crippen LogP contribution in [0, 0.1) is 0 Å².